The monoisotopic (exact) mass is 407 g/mol. The molecule has 1 heterocycles. The third-order valence-corrected chi connectivity index (χ3v) is 6.14. The van der Waals surface area contributed by atoms with Crippen molar-refractivity contribution in [3.05, 3.63) is 53.6 Å². The van der Waals surface area contributed by atoms with Gasteiger partial charge in [-0.2, -0.15) is 0 Å². The van der Waals surface area contributed by atoms with Gasteiger partial charge < -0.3 is 14.4 Å². The molecule has 1 saturated heterocycles. The summed E-state index contributed by atoms with van der Waals surface area (Å²) in [6, 6.07) is 14.5. The minimum atomic E-state index is -0.0455. The summed E-state index contributed by atoms with van der Waals surface area (Å²) in [6.45, 7) is 8.07. The molecule has 0 radical (unpaired) electrons. The summed E-state index contributed by atoms with van der Waals surface area (Å²) in [5.74, 6) is 2.13. The molecule has 160 valence electrons. The largest absolute Gasteiger partial charge is 0.490 e. The van der Waals surface area contributed by atoms with E-state index in [0.29, 0.717) is 18.3 Å². The third-order valence-electron chi connectivity index (χ3n) is 6.14. The maximum Gasteiger partial charge on any atom is 0.140 e. The second kappa shape index (κ2) is 9.11. The average Bonchev–Trinajstić information content (AvgIpc) is 3.44. The highest BCUT2D eigenvalue weighted by atomic mass is 16.5. The topological polar surface area (TPSA) is 38.8 Å². The molecule has 2 aromatic rings. The zero-order valence-corrected chi connectivity index (χ0v) is 18.4. The molecule has 2 aromatic carbocycles. The van der Waals surface area contributed by atoms with Crippen LogP contribution in [0.15, 0.2) is 42.5 Å². The van der Waals surface area contributed by atoms with Crippen molar-refractivity contribution in [3.8, 4) is 11.5 Å². The van der Waals surface area contributed by atoms with Gasteiger partial charge in [0.2, 0.25) is 0 Å². The summed E-state index contributed by atoms with van der Waals surface area (Å²) in [4.78, 5) is 14.5. The van der Waals surface area contributed by atoms with E-state index in [4.69, 9.17) is 9.47 Å². The Hall–Kier alpha value is -2.49. The number of Topliss-reactive ketones (excluding diaryl/α,β-unsaturated/α-hetero) is 1. The van der Waals surface area contributed by atoms with Crippen molar-refractivity contribution in [3.63, 3.8) is 0 Å². The summed E-state index contributed by atoms with van der Waals surface area (Å²) in [5.41, 5.74) is 3.59. The Bertz CT molecular complexity index is 872. The van der Waals surface area contributed by atoms with Crippen LogP contribution in [-0.4, -0.2) is 31.1 Å². The molecule has 1 unspecified atom stereocenters. The smallest absolute Gasteiger partial charge is 0.140 e. The highest BCUT2D eigenvalue weighted by Crippen LogP contribution is 2.32. The number of aryl methyl sites for hydroxylation is 1. The lowest BCUT2D eigenvalue weighted by Gasteiger charge is -2.22. The fourth-order valence-electron chi connectivity index (χ4n) is 4.15. The number of anilines is 1. The van der Waals surface area contributed by atoms with Crippen LogP contribution in [0.2, 0.25) is 0 Å². The zero-order valence-electron chi connectivity index (χ0n) is 18.4. The van der Waals surface area contributed by atoms with Crippen molar-refractivity contribution in [1.29, 1.82) is 0 Å². The molecule has 1 saturated carbocycles. The van der Waals surface area contributed by atoms with Gasteiger partial charge in [0.25, 0.3) is 0 Å². The molecular formula is C26H33NO3. The highest BCUT2D eigenvalue weighted by molar-refractivity contribution is 5.85. The molecule has 4 rings (SSSR count). The normalized spacial score (nSPS) is 19.6. The number of nitrogens with zero attached hydrogens (tertiary/aromatic N) is 1. The molecule has 0 spiro atoms. The number of carbonyl (C=O) groups is 1. The van der Waals surface area contributed by atoms with E-state index >= 15 is 0 Å². The summed E-state index contributed by atoms with van der Waals surface area (Å²) < 4.78 is 12.2. The SMILES string of the molecule is CCCC(=O)C(C)c1ccc(O[C@@H]2CCN(c3ccc(OC4CC4)cc3C)C2)cc1. The van der Waals surface area contributed by atoms with E-state index in [-0.39, 0.29) is 12.0 Å². The number of benzene rings is 2. The van der Waals surface area contributed by atoms with E-state index < -0.39 is 0 Å². The van der Waals surface area contributed by atoms with Crippen molar-refractivity contribution in [2.24, 2.45) is 0 Å². The lowest BCUT2D eigenvalue weighted by atomic mass is 9.94. The van der Waals surface area contributed by atoms with Crippen LogP contribution in [0.5, 0.6) is 11.5 Å². The Morgan fingerprint density at radius 3 is 2.40 bits per heavy atom. The first kappa shape index (κ1) is 20.8. The lowest BCUT2D eigenvalue weighted by molar-refractivity contribution is -0.120. The van der Waals surface area contributed by atoms with Crippen LogP contribution in [-0.2, 0) is 4.79 Å². The van der Waals surface area contributed by atoms with E-state index in [2.05, 4.69) is 30.0 Å². The minimum absolute atomic E-state index is 0.0455. The molecule has 0 aromatic heterocycles. The minimum Gasteiger partial charge on any atom is -0.490 e. The van der Waals surface area contributed by atoms with Gasteiger partial charge >= 0.3 is 0 Å². The molecule has 0 N–H and O–H groups in total. The summed E-state index contributed by atoms with van der Waals surface area (Å²) in [6.07, 6.45) is 5.52. The fraction of sp³-hybridized carbons (Fsp3) is 0.500. The van der Waals surface area contributed by atoms with E-state index in [0.717, 1.165) is 43.0 Å². The summed E-state index contributed by atoms with van der Waals surface area (Å²) in [5, 5.41) is 0. The highest BCUT2D eigenvalue weighted by Gasteiger charge is 2.27. The first-order valence-corrected chi connectivity index (χ1v) is 11.3. The van der Waals surface area contributed by atoms with E-state index in [9.17, 15) is 4.79 Å². The Kier molecular flexibility index (Phi) is 6.31. The molecular weight excluding hydrogens is 374 g/mol. The first-order chi connectivity index (χ1) is 14.5. The van der Waals surface area contributed by atoms with Gasteiger partial charge in [0.05, 0.1) is 12.6 Å². The van der Waals surface area contributed by atoms with Gasteiger partial charge in [0, 0.05) is 31.0 Å². The van der Waals surface area contributed by atoms with Crippen LogP contribution < -0.4 is 14.4 Å². The van der Waals surface area contributed by atoms with Crippen LogP contribution in [0.25, 0.3) is 0 Å². The lowest BCUT2D eigenvalue weighted by Crippen LogP contribution is -2.25. The second-order valence-corrected chi connectivity index (χ2v) is 8.75. The van der Waals surface area contributed by atoms with Crippen molar-refractivity contribution in [2.45, 2.75) is 71.0 Å². The van der Waals surface area contributed by atoms with Crippen LogP contribution >= 0.6 is 0 Å². The molecule has 1 aliphatic carbocycles. The quantitative estimate of drug-likeness (QED) is 0.537. The van der Waals surface area contributed by atoms with E-state index in [1.54, 1.807) is 0 Å². The third kappa shape index (κ3) is 4.97. The predicted molar refractivity (Wildman–Crippen MR) is 121 cm³/mol. The Morgan fingerprint density at radius 1 is 1.03 bits per heavy atom. The van der Waals surface area contributed by atoms with Gasteiger partial charge in [-0.1, -0.05) is 26.0 Å². The Balaban J connectivity index is 1.33. The number of ketones is 1. The van der Waals surface area contributed by atoms with Gasteiger partial charge in [0.1, 0.15) is 23.4 Å². The molecule has 4 heteroatoms. The molecule has 4 nitrogen and oxygen atoms in total. The zero-order chi connectivity index (χ0) is 21.1. The molecule has 0 amide bonds. The first-order valence-electron chi connectivity index (χ1n) is 11.3. The molecule has 1 aliphatic heterocycles. The van der Waals surface area contributed by atoms with E-state index in [1.165, 1.54) is 24.1 Å². The molecule has 30 heavy (non-hydrogen) atoms. The number of hydrogen-bond acceptors (Lipinski definition) is 4. The van der Waals surface area contributed by atoms with Crippen LogP contribution in [0.1, 0.15) is 63.0 Å². The number of ether oxygens (including phenoxy) is 2. The number of carbonyl (C=O) groups excluding carboxylic acids is 1. The molecule has 0 bridgehead atoms. The summed E-state index contributed by atoms with van der Waals surface area (Å²) >= 11 is 0. The average molecular weight is 408 g/mol. The van der Waals surface area contributed by atoms with Gasteiger partial charge in [-0.3, -0.25) is 4.79 Å². The molecule has 2 fully saturated rings. The van der Waals surface area contributed by atoms with Crippen LogP contribution in [0.4, 0.5) is 5.69 Å². The predicted octanol–water partition coefficient (Wildman–Crippen LogP) is 5.67. The maximum atomic E-state index is 12.1. The number of rotatable bonds is 9. The Morgan fingerprint density at radius 2 is 1.73 bits per heavy atom. The number of hydrogen-bond donors (Lipinski definition) is 0. The standard InChI is InChI=1S/C26H33NO3/c1-4-5-26(28)19(3)20-6-8-21(9-7-20)30-24-14-15-27(17-24)25-13-12-23(16-18(25)2)29-22-10-11-22/h6-9,12-13,16,19,22,24H,4-5,10-11,14-15,17H2,1-3H3/t19?,24-/m1/s1. The molecule has 2 atom stereocenters. The Labute approximate surface area is 180 Å². The van der Waals surface area contributed by atoms with Crippen LogP contribution in [0.3, 0.4) is 0 Å². The van der Waals surface area contributed by atoms with Gasteiger partial charge in [-0.05, 0) is 67.6 Å². The van der Waals surface area contributed by atoms with Crippen LogP contribution in [0, 0.1) is 6.92 Å². The maximum absolute atomic E-state index is 12.1. The summed E-state index contributed by atoms with van der Waals surface area (Å²) in [7, 11) is 0. The van der Waals surface area contributed by atoms with Crippen molar-refractivity contribution in [2.75, 3.05) is 18.0 Å². The van der Waals surface area contributed by atoms with E-state index in [1.807, 2.05) is 38.1 Å². The van der Waals surface area contributed by atoms with Gasteiger partial charge in [0.15, 0.2) is 0 Å². The molecule has 2 aliphatic rings. The van der Waals surface area contributed by atoms with Gasteiger partial charge in [-0.25, -0.2) is 0 Å². The second-order valence-electron chi connectivity index (χ2n) is 8.75. The van der Waals surface area contributed by atoms with Crippen molar-refractivity contribution in [1.82, 2.24) is 0 Å². The van der Waals surface area contributed by atoms with Crippen molar-refractivity contribution < 1.29 is 14.3 Å². The van der Waals surface area contributed by atoms with Gasteiger partial charge in [-0.15, -0.1) is 0 Å². The fourth-order valence-corrected chi connectivity index (χ4v) is 4.15. The van der Waals surface area contributed by atoms with Crippen molar-refractivity contribution >= 4 is 11.5 Å².